The van der Waals surface area contributed by atoms with E-state index < -0.39 is 10.0 Å². The molecule has 0 aromatic heterocycles. The third-order valence-electron chi connectivity index (χ3n) is 2.58. The van der Waals surface area contributed by atoms with E-state index in [1.807, 2.05) is 13.8 Å². The molecular formula is C12H18ClNO2S. The van der Waals surface area contributed by atoms with Gasteiger partial charge in [-0.2, -0.15) is 0 Å². The van der Waals surface area contributed by atoms with Crippen LogP contribution in [0.15, 0.2) is 35.2 Å². The van der Waals surface area contributed by atoms with Gasteiger partial charge in [-0.05, 0) is 24.5 Å². The van der Waals surface area contributed by atoms with Crippen molar-refractivity contribution in [3.05, 3.63) is 30.3 Å². The molecule has 3 nitrogen and oxygen atoms in total. The first-order valence-electron chi connectivity index (χ1n) is 5.60. The molecule has 0 spiro atoms. The van der Waals surface area contributed by atoms with E-state index >= 15 is 0 Å². The largest absolute Gasteiger partial charge is 0.240 e. The Morgan fingerprint density at radius 1 is 1.24 bits per heavy atom. The summed E-state index contributed by atoms with van der Waals surface area (Å²) < 4.78 is 26.8. The molecule has 0 bridgehead atoms. The summed E-state index contributed by atoms with van der Waals surface area (Å²) >= 11 is 5.68. The quantitative estimate of drug-likeness (QED) is 0.811. The van der Waals surface area contributed by atoms with Crippen molar-refractivity contribution < 1.29 is 8.42 Å². The molecule has 17 heavy (non-hydrogen) atoms. The highest BCUT2D eigenvalue weighted by Gasteiger charge is 2.21. The zero-order valence-electron chi connectivity index (χ0n) is 10.1. The Hall–Kier alpha value is -0.580. The van der Waals surface area contributed by atoms with E-state index in [1.165, 1.54) is 0 Å². The molecule has 0 aliphatic heterocycles. The Morgan fingerprint density at radius 2 is 1.82 bits per heavy atom. The Morgan fingerprint density at radius 3 is 2.29 bits per heavy atom. The first kappa shape index (κ1) is 14.5. The molecule has 1 atom stereocenters. The zero-order valence-corrected chi connectivity index (χ0v) is 11.6. The molecule has 1 aromatic carbocycles. The predicted molar refractivity (Wildman–Crippen MR) is 70.7 cm³/mol. The fourth-order valence-corrected chi connectivity index (χ4v) is 3.19. The van der Waals surface area contributed by atoms with Crippen molar-refractivity contribution in [2.24, 2.45) is 5.92 Å². The van der Waals surface area contributed by atoms with Crippen LogP contribution in [0.5, 0.6) is 0 Å². The second-order valence-corrected chi connectivity index (χ2v) is 6.35. The molecule has 0 amide bonds. The topological polar surface area (TPSA) is 46.2 Å². The molecule has 0 saturated heterocycles. The van der Waals surface area contributed by atoms with Gasteiger partial charge in [0, 0.05) is 11.9 Å². The second kappa shape index (κ2) is 6.38. The third-order valence-corrected chi connectivity index (χ3v) is 4.31. The average molecular weight is 276 g/mol. The van der Waals surface area contributed by atoms with Crippen LogP contribution in [0.4, 0.5) is 0 Å². The van der Waals surface area contributed by atoms with Crippen molar-refractivity contribution >= 4 is 21.6 Å². The maximum absolute atomic E-state index is 12.1. The molecule has 0 aliphatic rings. The van der Waals surface area contributed by atoms with Gasteiger partial charge in [-0.15, -0.1) is 11.6 Å². The van der Waals surface area contributed by atoms with Gasteiger partial charge in [0.25, 0.3) is 0 Å². The van der Waals surface area contributed by atoms with Crippen molar-refractivity contribution in [3.8, 4) is 0 Å². The highest BCUT2D eigenvalue weighted by Crippen LogP contribution is 2.13. The molecule has 0 fully saturated rings. The first-order valence-corrected chi connectivity index (χ1v) is 7.62. The van der Waals surface area contributed by atoms with Crippen molar-refractivity contribution in [2.45, 2.75) is 31.2 Å². The standard InChI is InChI=1S/C12H18ClNO2S/c1-10(2)12(8-9-13)14-17(15,16)11-6-4-3-5-7-11/h3-7,10,12,14H,8-9H2,1-2H3. The molecule has 96 valence electrons. The number of benzene rings is 1. The van der Waals surface area contributed by atoms with Gasteiger partial charge in [0.15, 0.2) is 0 Å². The van der Waals surface area contributed by atoms with E-state index in [2.05, 4.69) is 4.72 Å². The Labute approximate surface area is 108 Å². The monoisotopic (exact) mass is 275 g/mol. The lowest BCUT2D eigenvalue weighted by atomic mass is 10.0. The number of rotatable bonds is 6. The van der Waals surface area contributed by atoms with Crippen LogP contribution in [0, 0.1) is 5.92 Å². The van der Waals surface area contributed by atoms with Crippen LogP contribution in [0.2, 0.25) is 0 Å². The lowest BCUT2D eigenvalue weighted by Crippen LogP contribution is -2.38. The van der Waals surface area contributed by atoms with Gasteiger partial charge in [0.05, 0.1) is 4.90 Å². The SMILES string of the molecule is CC(C)C(CCCl)NS(=O)(=O)c1ccccc1. The van der Waals surface area contributed by atoms with E-state index in [9.17, 15) is 8.42 Å². The van der Waals surface area contributed by atoms with Gasteiger partial charge in [-0.3, -0.25) is 0 Å². The minimum atomic E-state index is -3.44. The molecule has 1 unspecified atom stereocenters. The van der Waals surface area contributed by atoms with Crippen LogP contribution in [0.3, 0.4) is 0 Å². The maximum atomic E-state index is 12.1. The van der Waals surface area contributed by atoms with Gasteiger partial charge < -0.3 is 0 Å². The highest BCUT2D eigenvalue weighted by molar-refractivity contribution is 7.89. The molecule has 1 N–H and O–H groups in total. The smallest absolute Gasteiger partial charge is 0.208 e. The van der Waals surface area contributed by atoms with Crippen LogP contribution in [-0.4, -0.2) is 20.3 Å². The normalized spacial score (nSPS) is 13.9. The average Bonchev–Trinajstić information content (AvgIpc) is 2.29. The van der Waals surface area contributed by atoms with E-state index in [-0.39, 0.29) is 12.0 Å². The lowest BCUT2D eigenvalue weighted by molar-refractivity contribution is 0.439. The van der Waals surface area contributed by atoms with Crippen LogP contribution in [0.25, 0.3) is 0 Å². The van der Waals surface area contributed by atoms with Gasteiger partial charge >= 0.3 is 0 Å². The van der Waals surface area contributed by atoms with Gasteiger partial charge in [0.1, 0.15) is 0 Å². The number of hydrogen-bond acceptors (Lipinski definition) is 2. The minimum Gasteiger partial charge on any atom is -0.208 e. The predicted octanol–water partition coefficient (Wildman–Crippen LogP) is 2.62. The fraction of sp³-hybridized carbons (Fsp3) is 0.500. The molecule has 1 rings (SSSR count). The highest BCUT2D eigenvalue weighted by atomic mass is 35.5. The minimum absolute atomic E-state index is 0.127. The summed E-state index contributed by atoms with van der Waals surface area (Å²) in [5.41, 5.74) is 0. The molecule has 0 heterocycles. The van der Waals surface area contributed by atoms with Crippen LogP contribution in [0.1, 0.15) is 20.3 Å². The van der Waals surface area contributed by atoms with Crippen LogP contribution in [-0.2, 0) is 10.0 Å². The van der Waals surface area contributed by atoms with Crippen LogP contribution >= 0.6 is 11.6 Å². The molecular weight excluding hydrogens is 258 g/mol. The number of halogens is 1. The van der Waals surface area contributed by atoms with E-state index in [1.54, 1.807) is 30.3 Å². The summed E-state index contributed by atoms with van der Waals surface area (Å²) in [5, 5.41) is 0. The lowest BCUT2D eigenvalue weighted by Gasteiger charge is -2.21. The van der Waals surface area contributed by atoms with E-state index in [0.29, 0.717) is 17.2 Å². The fourth-order valence-electron chi connectivity index (χ4n) is 1.51. The van der Waals surface area contributed by atoms with Crippen molar-refractivity contribution in [1.29, 1.82) is 0 Å². The molecule has 5 heteroatoms. The summed E-state index contributed by atoms with van der Waals surface area (Å²) in [7, 11) is -3.44. The summed E-state index contributed by atoms with van der Waals surface area (Å²) in [6.45, 7) is 3.95. The summed E-state index contributed by atoms with van der Waals surface area (Å²) in [5.74, 6) is 0.660. The number of sulfonamides is 1. The summed E-state index contributed by atoms with van der Waals surface area (Å²) in [6, 6.07) is 8.25. The Kier molecular flexibility index (Phi) is 5.43. The van der Waals surface area contributed by atoms with Gasteiger partial charge in [-0.1, -0.05) is 32.0 Å². The molecule has 1 aromatic rings. The Balaban J connectivity index is 2.85. The Bertz CT molecular complexity index is 431. The maximum Gasteiger partial charge on any atom is 0.240 e. The molecule has 0 radical (unpaired) electrons. The molecule has 0 saturated carbocycles. The summed E-state index contributed by atoms with van der Waals surface area (Å²) in [6.07, 6.45) is 0.630. The van der Waals surface area contributed by atoms with Gasteiger partial charge in [0.2, 0.25) is 10.0 Å². The zero-order chi connectivity index (χ0) is 12.9. The van der Waals surface area contributed by atoms with Crippen LogP contribution < -0.4 is 4.72 Å². The number of alkyl halides is 1. The number of hydrogen-bond donors (Lipinski definition) is 1. The van der Waals surface area contributed by atoms with Crippen molar-refractivity contribution in [3.63, 3.8) is 0 Å². The van der Waals surface area contributed by atoms with E-state index in [4.69, 9.17) is 11.6 Å². The van der Waals surface area contributed by atoms with E-state index in [0.717, 1.165) is 0 Å². The third kappa shape index (κ3) is 4.30. The number of nitrogens with one attached hydrogen (secondary N) is 1. The second-order valence-electron chi connectivity index (χ2n) is 4.26. The van der Waals surface area contributed by atoms with Gasteiger partial charge in [-0.25, -0.2) is 13.1 Å². The molecule has 0 aliphatic carbocycles. The summed E-state index contributed by atoms with van der Waals surface area (Å²) in [4.78, 5) is 0.292. The van der Waals surface area contributed by atoms with Crippen molar-refractivity contribution in [1.82, 2.24) is 4.72 Å². The van der Waals surface area contributed by atoms with Crippen molar-refractivity contribution in [2.75, 3.05) is 5.88 Å². The first-order chi connectivity index (χ1) is 7.97.